The Hall–Kier alpha value is -1.52. The molecule has 0 aliphatic rings. The molecule has 1 heterocycles. The molecule has 0 aliphatic heterocycles. The Morgan fingerprint density at radius 2 is 0.900 bits per heavy atom. The van der Waals surface area contributed by atoms with Crippen LogP contribution in [-0.2, 0) is 0 Å². The Morgan fingerprint density at radius 1 is 0.550 bits per heavy atom. The molecule has 98 valence electrons. The van der Waals surface area contributed by atoms with E-state index < -0.39 is 0 Å². The highest BCUT2D eigenvalue weighted by atomic mass is 79.9. The van der Waals surface area contributed by atoms with Crippen LogP contribution < -0.4 is 0 Å². The first-order chi connectivity index (χ1) is 9.75. The van der Waals surface area contributed by atoms with Crippen molar-refractivity contribution in [1.82, 2.24) is 9.97 Å². The first-order valence-corrected chi connectivity index (χ1v) is 7.68. The second kappa shape index (κ2) is 5.85. The van der Waals surface area contributed by atoms with Gasteiger partial charge in [-0.15, -0.1) is 0 Å². The molecule has 0 fully saturated rings. The zero-order valence-corrected chi connectivity index (χ0v) is 13.6. The van der Waals surface area contributed by atoms with E-state index in [9.17, 15) is 0 Å². The molecule has 0 unspecified atom stereocenters. The normalized spacial score (nSPS) is 10.5. The topological polar surface area (TPSA) is 25.8 Å². The van der Waals surface area contributed by atoms with Crippen molar-refractivity contribution in [2.75, 3.05) is 0 Å². The van der Waals surface area contributed by atoms with Crippen LogP contribution in [0.3, 0.4) is 0 Å². The summed E-state index contributed by atoms with van der Waals surface area (Å²) in [5.41, 5.74) is 3.83. The Bertz CT molecular complexity index is 664. The number of halogens is 2. The average molecular weight is 390 g/mol. The van der Waals surface area contributed by atoms with E-state index >= 15 is 0 Å². The van der Waals surface area contributed by atoms with Gasteiger partial charge in [-0.1, -0.05) is 60.7 Å². The number of benzene rings is 2. The third kappa shape index (κ3) is 2.67. The van der Waals surface area contributed by atoms with Gasteiger partial charge in [0.25, 0.3) is 0 Å². The van der Waals surface area contributed by atoms with Crippen LogP contribution in [0.1, 0.15) is 0 Å². The van der Waals surface area contributed by atoms with Crippen LogP contribution in [0.4, 0.5) is 0 Å². The molecule has 1 aromatic heterocycles. The van der Waals surface area contributed by atoms with Crippen LogP contribution in [0.2, 0.25) is 0 Å². The predicted octanol–water partition coefficient (Wildman–Crippen LogP) is 5.34. The van der Waals surface area contributed by atoms with Gasteiger partial charge in [0.1, 0.15) is 9.21 Å². The van der Waals surface area contributed by atoms with E-state index in [0.717, 1.165) is 22.5 Å². The molecule has 0 aliphatic carbocycles. The summed E-state index contributed by atoms with van der Waals surface area (Å²) in [6.07, 6.45) is 0. The quantitative estimate of drug-likeness (QED) is 0.591. The van der Waals surface area contributed by atoms with E-state index in [0.29, 0.717) is 9.21 Å². The van der Waals surface area contributed by atoms with Gasteiger partial charge < -0.3 is 0 Å². The van der Waals surface area contributed by atoms with Gasteiger partial charge in [-0.2, -0.15) is 0 Å². The summed E-state index contributed by atoms with van der Waals surface area (Å²) in [6, 6.07) is 20.1. The van der Waals surface area contributed by atoms with Crippen LogP contribution in [0.25, 0.3) is 22.5 Å². The second-order valence-corrected chi connectivity index (χ2v) is 5.74. The van der Waals surface area contributed by atoms with Gasteiger partial charge in [0, 0.05) is 11.1 Å². The molecule has 0 atom stereocenters. The van der Waals surface area contributed by atoms with Crippen molar-refractivity contribution in [3.8, 4) is 22.5 Å². The molecule has 2 nitrogen and oxygen atoms in total. The third-order valence-corrected chi connectivity index (χ3v) is 4.55. The maximum Gasteiger partial charge on any atom is 0.139 e. The van der Waals surface area contributed by atoms with Gasteiger partial charge in [-0.25, -0.2) is 9.97 Å². The highest BCUT2D eigenvalue weighted by Gasteiger charge is 2.13. The summed E-state index contributed by atoms with van der Waals surface area (Å²) in [4.78, 5) is 9.25. The fraction of sp³-hybridized carbons (Fsp3) is 0. The molecule has 0 radical (unpaired) electrons. The minimum absolute atomic E-state index is 0.705. The predicted molar refractivity (Wildman–Crippen MR) is 88.3 cm³/mol. The molecule has 0 bridgehead atoms. The van der Waals surface area contributed by atoms with Gasteiger partial charge in [-0.05, 0) is 31.9 Å². The standard InChI is InChI=1S/C16H10Br2N2/c17-15-16(18)20-14(12-9-5-2-6-10-12)13(19-15)11-7-3-1-4-8-11/h1-10H. The van der Waals surface area contributed by atoms with Crippen molar-refractivity contribution in [3.63, 3.8) is 0 Å². The van der Waals surface area contributed by atoms with E-state index in [-0.39, 0.29) is 0 Å². The maximum absolute atomic E-state index is 4.63. The third-order valence-electron chi connectivity index (χ3n) is 2.91. The van der Waals surface area contributed by atoms with E-state index in [2.05, 4.69) is 41.8 Å². The van der Waals surface area contributed by atoms with Crippen molar-refractivity contribution in [2.45, 2.75) is 0 Å². The summed E-state index contributed by atoms with van der Waals surface area (Å²) >= 11 is 6.86. The maximum atomic E-state index is 4.63. The Labute approximate surface area is 134 Å². The van der Waals surface area contributed by atoms with Crippen LogP contribution >= 0.6 is 31.9 Å². The molecule has 0 amide bonds. The molecule has 20 heavy (non-hydrogen) atoms. The van der Waals surface area contributed by atoms with Crippen molar-refractivity contribution in [3.05, 3.63) is 69.9 Å². The number of hydrogen-bond donors (Lipinski definition) is 0. The SMILES string of the molecule is Brc1nc(-c2ccccc2)c(-c2ccccc2)nc1Br. The Morgan fingerprint density at radius 3 is 1.25 bits per heavy atom. The molecular weight excluding hydrogens is 380 g/mol. The molecule has 4 heteroatoms. The molecule has 0 saturated carbocycles. The first-order valence-electron chi connectivity index (χ1n) is 6.09. The first kappa shape index (κ1) is 13.5. The summed E-state index contributed by atoms with van der Waals surface area (Å²) in [5.74, 6) is 0. The van der Waals surface area contributed by atoms with Gasteiger partial charge in [0.05, 0.1) is 11.4 Å². The Kier molecular flexibility index (Phi) is 3.94. The summed E-state index contributed by atoms with van der Waals surface area (Å²) in [5, 5.41) is 0. The van der Waals surface area contributed by atoms with Crippen molar-refractivity contribution in [1.29, 1.82) is 0 Å². The summed E-state index contributed by atoms with van der Waals surface area (Å²) in [6.45, 7) is 0. The lowest BCUT2D eigenvalue weighted by atomic mass is 10.0. The Balaban J connectivity index is 2.26. The van der Waals surface area contributed by atoms with Gasteiger partial charge >= 0.3 is 0 Å². The van der Waals surface area contributed by atoms with E-state index in [1.165, 1.54) is 0 Å². The molecule has 3 aromatic rings. The average Bonchev–Trinajstić information content (AvgIpc) is 2.51. The minimum atomic E-state index is 0.705. The van der Waals surface area contributed by atoms with Gasteiger partial charge in [-0.3, -0.25) is 0 Å². The van der Waals surface area contributed by atoms with Crippen LogP contribution in [0.15, 0.2) is 69.9 Å². The number of rotatable bonds is 2. The molecular formula is C16H10Br2N2. The molecule has 0 N–H and O–H groups in total. The van der Waals surface area contributed by atoms with Gasteiger partial charge in [0.2, 0.25) is 0 Å². The highest BCUT2D eigenvalue weighted by Crippen LogP contribution is 2.32. The van der Waals surface area contributed by atoms with Crippen LogP contribution in [0.5, 0.6) is 0 Å². The zero-order valence-electron chi connectivity index (χ0n) is 10.4. The lowest BCUT2D eigenvalue weighted by molar-refractivity contribution is 1.14. The lowest BCUT2D eigenvalue weighted by Gasteiger charge is -2.10. The van der Waals surface area contributed by atoms with E-state index in [1.54, 1.807) is 0 Å². The fourth-order valence-electron chi connectivity index (χ4n) is 1.99. The molecule has 2 aromatic carbocycles. The monoisotopic (exact) mass is 388 g/mol. The van der Waals surface area contributed by atoms with E-state index in [1.807, 2.05) is 60.7 Å². The summed E-state index contributed by atoms with van der Waals surface area (Å²) in [7, 11) is 0. The zero-order chi connectivity index (χ0) is 13.9. The number of aromatic nitrogens is 2. The van der Waals surface area contributed by atoms with Gasteiger partial charge in [0.15, 0.2) is 0 Å². The van der Waals surface area contributed by atoms with E-state index in [4.69, 9.17) is 0 Å². The van der Waals surface area contributed by atoms with Crippen molar-refractivity contribution in [2.24, 2.45) is 0 Å². The lowest BCUT2D eigenvalue weighted by Crippen LogP contribution is -1.95. The highest BCUT2D eigenvalue weighted by molar-refractivity contribution is 9.13. The van der Waals surface area contributed by atoms with Crippen molar-refractivity contribution >= 4 is 31.9 Å². The van der Waals surface area contributed by atoms with Crippen LogP contribution in [0, 0.1) is 0 Å². The van der Waals surface area contributed by atoms with Crippen LogP contribution in [-0.4, -0.2) is 9.97 Å². The molecule has 0 saturated heterocycles. The smallest absolute Gasteiger partial charge is 0.139 e. The summed E-state index contributed by atoms with van der Waals surface area (Å²) < 4.78 is 1.41. The fourth-order valence-corrected chi connectivity index (χ4v) is 2.52. The second-order valence-electron chi connectivity index (χ2n) is 4.23. The van der Waals surface area contributed by atoms with Crippen molar-refractivity contribution < 1.29 is 0 Å². The number of hydrogen-bond acceptors (Lipinski definition) is 2. The largest absolute Gasteiger partial charge is 0.236 e. The molecule has 0 spiro atoms. The minimum Gasteiger partial charge on any atom is -0.236 e. The molecule has 3 rings (SSSR count). The number of nitrogens with zero attached hydrogens (tertiary/aromatic N) is 2.